The Balaban J connectivity index is 2.12. The zero-order valence-electron chi connectivity index (χ0n) is 15.1. The van der Waals surface area contributed by atoms with E-state index in [9.17, 15) is 10.1 Å². The number of carbonyl (C=O) groups excluding carboxylic acids is 1. The summed E-state index contributed by atoms with van der Waals surface area (Å²) in [5.41, 5.74) is 2.61. The quantitative estimate of drug-likeness (QED) is 0.590. The molecule has 1 unspecified atom stereocenters. The fraction of sp³-hybridized carbons (Fsp3) is 0.250. The second kappa shape index (κ2) is 9.23. The monoisotopic (exact) mass is 350 g/mol. The number of pyridine rings is 1. The molecule has 1 atom stereocenters. The number of anilines is 1. The topological polar surface area (TPSA) is 87.0 Å². The van der Waals surface area contributed by atoms with E-state index in [2.05, 4.69) is 15.6 Å². The number of hydrogen-bond donors (Lipinski definition) is 2. The van der Waals surface area contributed by atoms with Gasteiger partial charge in [-0.05, 0) is 39.0 Å². The lowest BCUT2D eigenvalue weighted by Crippen LogP contribution is -2.28. The van der Waals surface area contributed by atoms with E-state index in [-0.39, 0.29) is 11.6 Å². The minimum absolute atomic E-state index is 0.0219. The van der Waals surface area contributed by atoms with Crippen LogP contribution in [0.3, 0.4) is 0 Å². The number of nitrogens with one attached hydrogen (secondary N) is 2. The van der Waals surface area contributed by atoms with Crippen molar-refractivity contribution in [3.63, 3.8) is 0 Å². The summed E-state index contributed by atoms with van der Waals surface area (Å²) in [6, 6.07) is 11.0. The van der Waals surface area contributed by atoms with Gasteiger partial charge in [0.25, 0.3) is 5.91 Å². The maximum Gasteiger partial charge on any atom is 0.263 e. The zero-order chi connectivity index (χ0) is 18.9. The van der Waals surface area contributed by atoms with Crippen molar-refractivity contribution in [1.82, 2.24) is 10.3 Å². The summed E-state index contributed by atoms with van der Waals surface area (Å²) in [6.45, 7) is 6.29. The fourth-order valence-corrected chi connectivity index (χ4v) is 2.40. The van der Waals surface area contributed by atoms with Gasteiger partial charge in [-0.2, -0.15) is 5.26 Å². The molecule has 1 aromatic heterocycles. The first-order chi connectivity index (χ1) is 12.5. The lowest BCUT2D eigenvalue weighted by Gasteiger charge is -2.18. The molecule has 1 heterocycles. The minimum atomic E-state index is -0.458. The van der Waals surface area contributed by atoms with Crippen LogP contribution in [0.2, 0.25) is 0 Å². The van der Waals surface area contributed by atoms with E-state index < -0.39 is 5.91 Å². The van der Waals surface area contributed by atoms with Crippen molar-refractivity contribution in [3.8, 4) is 11.8 Å². The van der Waals surface area contributed by atoms with Crippen molar-refractivity contribution < 1.29 is 9.53 Å². The molecule has 6 nitrogen and oxygen atoms in total. The Morgan fingerprint density at radius 2 is 2.23 bits per heavy atom. The number of aromatic nitrogens is 1. The van der Waals surface area contributed by atoms with Crippen LogP contribution in [0.5, 0.6) is 5.75 Å². The second-order valence-corrected chi connectivity index (χ2v) is 5.73. The summed E-state index contributed by atoms with van der Waals surface area (Å²) in [6.07, 6.45) is 4.62. The number of nitriles is 1. The molecule has 0 spiro atoms. The highest BCUT2D eigenvalue weighted by atomic mass is 16.5. The van der Waals surface area contributed by atoms with Crippen molar-refractivity contribution in [2.45, 2.75) is 26.8 Å². The van der Waals surface area contributed by atoms with Crippen molar-refractivity contribution >= 4 is 11.6 Å². The molecule has 0 saturated heterocycles. The Labute approximate surface area is 153 Å². The van der Waals surface area contributed by atoms with Gasteiger partial charge in [-0.15, -0.1) is 0 Å². The van der Waals surface area contributed by atoms with Crippen LogP contribution >= 0.6 is 0 Å². The third-order valence-electron chi connectivity index (χ3n) is 3.69. The SMILES string of the molecule is CCOc1ccc(C)cc1C(C)NC(=O)/C(C#N)=C\Nc1cccnc1. The van der Waals surface area contributed by atoms with Crippen molar-refractivity contribution in [3.05, 3.63) is 65.6 Å². The van der Waals surface area contributed by atoms with E-state index in [1.165, 1.54) is 6.20 Å². The molecular weight excluding hydrogens is 328 g/mol. The van der Waals surface area contributed by atoms with E-state index >= 15 is 0 Å². The van der Waals surface area contributed by atoms with Crippen molar-refractivity contribution in [1.29, 1.82) is 5.26 Å². The number of carbonyl (C=O) groups is 1. The Morgan fingerprint density at radius 3 is 2.88 bits per heavy atom. The van der Waals surface area contributed by atoms with Crippen LogP contribution in [0.4, 0.5) is 5.69 Å². The molecule has 0 aliphatic carbocycles. The van der Waals surface area contributed by atoms with Gasteiger partial charge in [0.2, 0.25) is 0 Å². The molecule has 2 rings (SSSR count). The minimum Gasteiger partial charge on any atom is -0.494 e. The van der Waals surface area contributed by atoms with Crippen molar-refractivity contribution in [2.75, 3.05) is 11.9 Å². The van der Waals surface area contributed by atoms with E-state index in [1.807, 2.05) is 45.0 Å². The smallest absolute Gasteiger partial charge is 0.263 e. The highest BCUT2D eigenvalue weighted by Gasteiger charge is 2.17. The number of ether oxygens (including phenoxy) is 1. The second-order valence-electron chi connectivity index (χ2n) is 5.73. The summed E-state index contributed by atoms with van der Waals surface area (Å²) in [5, 5.41) is 15.0. The van der Waals surface area contributed by atoms with Crippen LogP contribution in [0, 0.1) is 18.3 Å². The lowest BCUT2D eigenvalue weighted by atomic mass is 10.0. The Morgan fingerprint density at radius 1 is 1.42 bits per heavy atom. The number of benzene rings is 1. The predicted octanol–water partition coefficient (Wildman–Crippen LogP) is 3.49. The predicted molar refractivity (Wildman–Crippen MR) is 100 cm³/mol. The van der Waals surface area contributed by atoms with Gasteiger partial charge >= 0.3 is 0 Å². The average molecular weight is 350 g/mol. The van der Waals surface area contributed by atoms with Gasteiger partial charge in [-0.3, -0.25) is 9.78 Å². The first-order valence-electron chi connectivity index (χ1n) is 8.36. The van der Waals surface area contributed by atoms with Crippen LogP contribution in [-0.2, 0) is 4.79 Å². The summed E-state index contributed by atoms with van der Waals surface area (Å²) in [4.78, 5) is 16.4. The lowest BCUT2D eigenvalue weighted by molar-refractivity contribution is -0.117. The fourth-order valence-electron chi connectivity index (χ4n) is 2.40. The van der Waals surface area contributed by atoms with Gasteiger partial charge in [0, 0.05) is 18.0 Å². The van der Waals surface area contributed by atoms with Crippen molar-refractivity contribution in [2.24, 2.45) is 0 Å². The largest absolute Gasteiger partial charge is 0.494 e. The molecule has 1 amide bonds. The first-order valence-corrected chi connectivity index (χ1v) is 8.36. The summed E-state index contributed by atoms with van der Waals surface area (Å²) in [7, 11) is 0. The van der Waals surface area contributed by atoms with Gasteiger partial charge in [-0.1, -0.05) is 17.7 Å². The third-order valence-corrected chi connectivity index (χ3v) is 3.69. The molecule has 0 aliphatic heterocycles. The molecule has 2 N–H and O–H groups in total. The van der Waals surface area contributed by atoms with E-state index in [0.29, 0.717) is 12.3 Å². The highest BCUT2D eigenvalue weighted by Crippen LogP contribution is 2.26. The maximum atomic E-state index is 12.4. The molecule has 0 aliphatic rings. The molecule has 0 radical (unpaired) electrons. The summed E-state index contributed by atoms with van der Waals surface area (Å²) < 4.78 is 5.64. The molecule has 2 aromatic rings. The van der Waals surface area contributed by atoms with Gasteiger partial charge in [0.1, 0.15) is 17.4 Å². The van der Waals surface area contributed by atoms with Gasteiger partial charge in [0.05, 0.1) is 24.5 Å². The molecule has 134 valence electrons. The number of aryl methyl sites for hydroxylation is 1. The molecule has 0 saturated carbocycles. The number of hydrogen-bond acceptors (Lipinski definition) is 5. The Hall–Kier alpha value is -3.33. The van der Waals surface area contributed by atoms with Gasteiger partial charge in [0.15, 0.2) is 0 Å². The number of amides is 1. The molecule has 0 fully saturated rings. The zero-order valence-corrected chi connectivity index (χ0v) is 15.1. The standard InChI is InChI=1S/C20H22N4O2/c1-4-26-19-8-7-14(2)10-18(19)15(3)24-20(25)16(11-21)12-23-17-6-5-9-22-13-17/h5-10,12-13,15,23H,4H2,1-3H3,(H,24,25)/b16-12-. The molecule has 6 heteroatoms. The number of rotatable bonds is 7. The van der Waals surface area contributed by atoms with E-state index in [1.54, 1.807) is 24.5 Å². The molecule has 1 aromatic carbocycles. The normalized spacial score (nSPS) is 12.0. The third kappa shape index (κ3) is 5.08. The van der Waals surface area contributed by atoms with Gasteiger partial charge in [-0.25, -0.2) is 0 Å². The molecule has 0 bridgehead atoms. The molecule has 26 heavy (non-hydrogen) atoms. The molecular formula is C20H22N4O2. The number of nitrogens with zero attached hydrogens (tertiary/aromatic N) is 2. The van der Waals surface area contributed by atoms with E-state index in [4.69, 9.17) is 4.74 Å². The van der Waals surface area contributed by atoms with Gasteiger partial charge < -0.3 is 15.4 Å². The van der Waals surface area contributed by atoms with Crippen LogP contribution in [-0.4, -0.2) is 17.5 Å². The van der Waals surface area contributed by atoms with Crippen LogP contribution in [0.1, 0.15) is 31.0 Å². The Kier molecular flexibility index (Phi) is 6.75. The Bertz CT molecular complexity index is 825. The highest BCUT2D eigenvalue weighted by molar-refractivity contribution is 5.97. The average Bonchev–Trinajstić information content (AvgIpc) is 2.64. The van der Waals surface area contributed by atoms with Crippen LogP contribution in [0.25, 0.3) is 0 Å². The maximum absolute atomic E-state index is 12.4. The van der Waals surface area contributed by atoms with E-state index in [0.717, 1.165) is 16.9 Å². The first kappa shape index (κ1) is 19.0. The summed E-state index contributed by atoms with van der Waals surface area (Å²) in [5.74, 6) is 0.266. The van der Waals surface area contributed by atoms with Crippen LogP contribution < -0.4 is 15.4 Å². The summed E-state index contributed by atoms with van der Waals surface area (Å²) >= 11 is 0. The van der Waals surface area contributed by atoms with Crippen LogP contribution in [0.15, 0.2) is 54.5 Å².